The maximum atomic E-state index is 13.9. The highest BCUT2D eigenvalue weighted by atomic mass is 35.5. The molecule has 2 atom stereocenters. The minimum absolute atomic E-state index is 0.0482. The summed E-state index contributed by atoms with van der Waals surface area (Å²) in [6.45, 7) is 0. The number of hydrogen-bond donors (Lipinski definition) is 1. The van der Waals surface area contributed by atoms with E-state index >= 15 is 0 Å². The van der Waals surface area contributed by atoms with Gasteiger partial charge in [-0.3, -0.25) is 0 Å². The van der Waals surface area contributed by atoms with Crippen LogP contribution in [-0.2, 0) is 6.42 Å². The monoisotopic (exact) mass is 349 g/mol. The van der Waals surface area contributed by atoms with Crippen molar-refractivity contribution in [3.05, 3.63) is 58.4 Å². The highest BCUT2D eigenvalue weighted by Gasteiger charge is 2.43. The Bertz CT molecular complexity index is 829. The van der Waals surface area contributed by atoms with Crippen molar-refractivity contribution >= 4 is 23.3 Å². The smallest absolute Gasteiger partial charge is 0.314 e. The number of amides is 2. The van der Waals surface area contributed by atoms with Crippen LogP contribution < -0.4 is 5.32 Å². The number of nitrogens with zero attached hydrogens (tertiary/aromatic N) is 2. The molecule has 24 heavy (non-hydrogen) atoms. The summed E-state index contributed by atoms with van der Waals surface area (Å²) in [5.41, 5.74) is 1.86. The van der Waals surface area contributed by atoms with Crippen LogP contribution in [0.4, 0.5) is 19.3 Å². The molecule has 1 N–H and O–H groups in total. The third-order valence-corrected chi connectivity index (χ3v) is 5.04. The third kappa shape index (κ3) is 2.41. The van der Waals surface area contributed by atoms with Crippen molar-refractivity contribution in [2.75, 3.05) is 5.32 Å². The normalized spacial score (nSPS) is 21.5. The number of rotatable bonds is 1. The molecule has 4 nitrogen and oxygen atoms in total. The maximum absolute atomic E-state index is 13.9. The van der Waals surface area contributed by atoms with E-state index in [9.17, 15) is 13.6 Å². The molecule has 124 valence electrons. The van der Waals surface area contributed by atoms with Crippen LogP contribution in [-0.4, -0.2) is 22.0 Å². The van der Waals surface area contributed by atoms with Crippen LogP contribution in [0.1, 0.15) is 30.0 Å². The first-order valence-electron chi connectivity index (χ1n) is 7.72. The van der Waals surface area contributed by atoms with Gasteiger partial charge in [0, 0.05) is 23.5 Å². The minimum atomic E-state index is -0.537. The minimum Gasteiger partial charge on any atom is -0.314 e. The lowest BCUT2D eigenvalue weighted by atomic mass is 9.95. The zero-order valence-corrected chi connectivity index (χ0v) is 13.4. The molecule has 1 fully saturated rings. The molecule has 2 aromatic rings. The fraction of sp³-hybridized carbons (Fsp3) is 0.294. The van der Waals surface area contributed by atoms with E-state index in [4.69, 9.17) is 11.6 Å². The molecule has 3 heterocycles. The molecular formula is C17H14ClF2N3O. The van der Waals surface area contributed by atoms with Crippen molar-refractivity contribution in [1.29, 1.82) is 0 Å². The second kappa shape index (κ2) is 5.70. The molecular weight excluding hydrogens is 336 g/mol. The lowest BCUT2D eigenvalue weighted by Crippen LogP contribution is -2.44. The Morgan fingerprint density at radius 2 is 2.12 bits per heavy atom. The summed E-state index contributed by atoms with van der Waals surface area (Å²) in [6, 6.07) is 5.32. The predicted molar refractivity (Wildman–Crippen MR) is 85.9 cm³/mol. The van der Waals surface area contributed by atoms with Crippen molar-refractivity contribution in [2.24, 2.45) is 0 Å². The van der Waals surface area contributed by atoms with E-state index in [0.717, 1.165) is 18.4 Å². The first-order chi connectivity index (χ1) is 11.5. The molecule has 2 aliphatic rings. The standard InChI is InChI=1S/C17H14ClF2N3O/c18-13-7-9(1-3-14(13)19)22-17(24)23-10-2-4-15(23)11-5-6-21-16(20)12(11)8-10/h1,3,5-7,10,15H,2,4,8H2,(H,22,24). The second-order valence-electron chi connectivity index (χ2n) is 6.09. The van der Waals surface area contributed by atoms with Crippen LogP contribution in [0.2, 0.25) is 5.02 Å². The van der Waals surface area contributed by atoms with Gasteiger partial charge < -0.3 is 10.2 Å². The fourth-order valence-corrected chi connectivity index (χ4v) is 3.87. The highest BCUT2D eigenvalue weighted by Crippen LogP contribution is 2.44. The topological polar surface area (TPSA) is 45.2 Å². The van der Waals surface area contributed by atoms with Crippen molar-refractivity contribution in [3.8, 4) is 0 Å². The molecule has 1 aromatic carbocycles. The summed E-state index contributed by atoms with van der Waals surface area (Å²) in [7, 11) is 0. The van der Waals surface area contributed by atoms with E-state index < -0.39 is 11.8 Å². The summed E-state index contributed by atoms with van der Waals surface area (Å²) >= 11 is 5.75. The lowest BCUT2D eigenvalue weighted by Gasteiger charge is -2.36. The van der Waals surface area contributed by atoms with E-state index in [2.05, 4.69) is 10.3 Å². The number of aromatic nitrogens is 1. The number of urea groups is 1. The van der Waals surface area contributed by atoms with Crippen molar-refractivity contribution in [2.45, 2.75) is 31.3 Å². The van der Waals surface area contributed by atoms with E-state index in [1.165, 1.54) is 24.4 Å². The Kier molecular flexibility index (Phi) is 3.64. The molecule has 4 rings (SSSR count). The molecule has 0 saturated carbocycles. The quantitative estimate of drug-likeness (QED) is 0.780. The first-order valence-corrected chi connectivity index (χ1v) is 8.10. The van der Waals surface area contributed by atoms with Crippen LogP contribution in [0.5, 0.6) is 0 Å². The Balaban J connectivity index is 1.61. The molecule has 1 aromatic heterocycles. The zero-order chi connectivity index (χ0) is 16.8. The number of anilines is 1. The average molecular weight is 350 g/mol. The van der Waals surface area contributed by atoms with Gasteiger partial charge in [-0.05, 0) is 49.1 Å². The van der Waals surface area contributed by atoms with Gasteiger partial charge in [0.25, 0.3) is 0 Å². The number of carbonyl (C=O) groups is 1. The van der Waals surface area contributed by atoms with Crippen LogP contribution in [0, 0.1) is 11.8 Å². The number of halogens is 3. The Morgan fingerprint density at radius 3 is 2.92 bits per heavy atom. The van der Waals surface area contributed by atoms with Crippen molar-refractivity contribution < 1.29 is 13.6 Å². The number of carbonyl (C=O) groups excluding carboxylic acids is 1. The van der Waals surface area contributed by atoms with Gasteiger partial charge in [-0.15, -0.1) is 0 Å². The van der Waals surface area contributed by atoms with Gasteiger partial charge in [-0.2, -0.15) is 4.39 Å². The molecule has 7 heteroatoms. The van der Waals surface area contributed by atoms with Crippen molar-refractivity contribution in [1.82, 2.24) is 9.88 Å². The average Bonchev–Trinajstić information content (AvgIpc) is 2.87. The lowest BCUT2D eigenvalue weighted by molar-refractivity contribution is 0.178. The molecule has 0 aliphatic carbocycles. The van der Waals surface area contributed by atoms with E-state index in [-0.39, 0.29) is 23.1 Å². The molecule has 0 radical (unpaired) electrons. The second-order valence-corrected chi connectivity index (χ2v) is 6.49. The molecule has 2 unspecified atom stereocenters. The van der Waals surface area contributed by atoms with Gasteiger partial charge in [0.2, 0.25) is 5.95 Å². The predicted octanol–water partition coefficient (Wildman–Crippen LogP) is 4.31. The van der Waals surface area contributed by atoms with Gasteiger partial charge >= 0.3 is 6.03 Å². The van der Waals surface area contributed by atoms with Crippen molar-refractivity contribution in [3.63, 3.8) is 0 Å². The van der Waals surface area contributed by atoms with Crippen LogP contribution >= 0.6 is 11.6 Å². The van der Waals surface area contributed by atoms with Gasteiger partial charge in [-0.25, -0.2) is 14.2 Å². The molecule has 0 spiro atoms. The van der Waals surface area contributed by atoms with E-state index in [1.807, 2.05) is 0 Å². The van der Waals surface area contributed by atoms with Crippen LogP contribution in [0.25, 0.3) is 0 Å². The highest BCUT2D eigenvalue weighted by molar-refractivity contribution is 6.31. The number of nitrogens with one attached hydrogen (secondary N) is 1. The summed E-state index contributed by atoms with van der Waals surface area (Å²) in [5.74, 6) is -0.987. The van der Waals surface area contributed by atoms with Crippen LogP contribution in [0.3, 0.4) is 0 Å². The Hall–Kier alpha value is -2.21. The van der Waals surface area contributed by atoms with Gasteiger partial charge in [-0.1, -0.05) is 11.6 Å². The molecule has 2 aliphatic heterocycles. The fourth-order valence-electron chi connectivity index (χ4n) is 3.69. The number of fused-ring (bicyclic) bond motifs is 4. The van der Waals surface area contributed by atoms with E-state index in [1.54, 1.807) is 11.0 Å². The summed E-state index contributed by atoms with van der Waals surface area (Å²) in [4.78, 5) is 18.1. The SMILES string of the molecule is O=C(Nc1ccc(F)c(Cl)c1)N1C2CCC1c1ccnc(F)c1C2. The largest absolute Gasteiger partial charge is 0.322 e. The van der Waals surface area contributed by atoms with E-state index in [0.29, 0.717) is 17.7 Å². The number of pyridine rings is 1. The number of hydrogen-bond acceptors (Lipinski definition) is 2. The Labute approximate surface area is 142 Å². The molecule has 2 bridgehead atoms. The van der Waals surface area contributed by atoms with Gasteiger partial charge in [0.05, 0.1) is 11.1 Å². The number of benzene rings is 1. The molecule has 2 amide bonds. The Morgan fingerprint density at radius 1 is 1.29 bits per heavy atom. The zero-order valence-electron chi connectivity index (χ0n) is 12.6. The summed E-state index contributed by atoms with van der Waals surface area (Å²) in [6.07, 6.45) is 3.50. The van der Waals surface area contributed by atoms with Gasteiger partial charge in [0.1, 0.15) is 5.82 Å². The first kappa shape index (κ1) is 15.3. The summed E-state index contributed by atoms with van der Waals surface area (Å²) < 4.78 is 27.2. The van der Waals surface area contributed by atoms with Gasteiger partial charge in [0.15, 0.2) is 0 Å². The van der Waals surface area contributed by atoms with Crippen LogP contribution in [0.15, 0.2) is 30.5 Å². The summed E-state index contributed by atoms with van der Waals surface area (Å²) in [5, 5.41) is 2.70. The molecule has 1 saturated heterocycles. The maximum Gasteiger partial charge on any atom is 0.322 e. The third-order valence-electron chi connectivity index (χ3n) is 4.75.